The van der Waals surface area contributed by atoms with Crippen molar-refractivity contribution >= 4 is 17.5 Å². The lowest BCUT2D eigenvalue weighted by molar-refractivity contribution is -0.120. The van der Waals surface area contributed by atoms with Crippen molar-refractivity contribution < 1.29 is 18.7 Å². The minimum absolute atomic E-state index is 0.187. The quantitative estimate of drug-likeness (QED) is 0.745. The number of nitrogens with zero attached hydrogens (tertiary/aromatic N) is 1. The van der Waals surface area contributed by atoms with Gasteiger partial charge in [-0.15, -0.1) is 0 Å². The molecule has 6 nitrogen and oxygen atoms in total. The maximum atomic E-state index is 13.9. The molecular formula is C20H24FN3O3. The zero-order valence-electron chi connectivity index (χ0n) is 15.7. The Labute approximate surface area is 158 Å². The van der Waals surface area contributed by atoms with Crippen molar-refractivity contribution in [1.82, 2.24) is 4.90 Å². The molecule has 0 aliphatic carbocycles. The predicted octanol–water partition coefficient (Wildman–Crippen LogP) is 2.78. The van der Waals surface area contributed by atoms with E-state index < -0.39 is 17.8 Å². The molecule has 2 aromatic rings. The zero-order chi connectivity index (χ0) is 20.0. The summed E-state index contributed by atoms with van der Waals surface area (Å²) in [5.41, 5.74) is 6.90. The first-order valence-electron chi connectivity index (χ1n) is 8.63. The largest absolute Gasteiger partial charge is 0.494 e. The van der Waals surface area contributed by atoms with Crippen LogP contribution in [0.15, 0.2) is 42.5 Å². The lowest BCUT2D eigenvalue weighted by Gasteiger charge is -2.27. The van der Waals surface area contributed by atoms with E-state index in [1.54, 1.807) is 43.3 Å². The van der Waals surface area contributed by atoms with E-state index >= 15 is 0 Å². The molecule has 0 radical (unpaired) electrons. The standard InChI is InChI=1S/C20H24FN3O3/c1-4-24(12-14-5-10-18(27-3)17(21)11-14)13(2)20(26)23-16-8-6-15(7-9-16)19(22)25/h5-11,13H,4,12H2,1-3H3,(H2,22,25)(H,23,26)/t13-/m0/s1. The van der Waals surface area contributed by atoms with Gasteiger partial charge in [0.1, 0.15) is 0 Å². The summed E-state index contributed by atoms with van der Waals surface area (Å²) >= 11 is 0. The molecule has 144 valence electrons. The molecule has 3 N–H and O–H groups in total. The van der Waals surface area contributed by atoms with Gasteiger partial charge in [0, 0.05) is 17.8 Å². The molecular weight excluding hydrogens is 349 g/mol. The van der Waals surface area contributed by atoms with E-state index in [4.69, 9.17) is 10.5 Å². The first kappa shape index (κ1) is 20.4. The van der Waals surface area contributed by atoms with Crippen LogP contribution in [0.4, 0.5) is 10.1 Å². The summed E-state index contributed by atoms with van der Waals surface area (Å²) < 4.78 is 18.8. The van der Waals surface area contributed by atoms with Crippen LogP contribution < -0.4 is 15.8 Å². The smallest absolute Gasteiger partial charge is 0.248 e. The van der Waals surface area contributed by atoms with Gasteiger partial charge in [-0.05, 0) is 55.4 Å². The molecule has 0 spiro atoms. The molecule has 0 aromatic heterocycles. The number of halogens is 1. The van der Waals surface area contributed by atoms with Gasteiger partial charge in [-0.2, -0.15) is 0 Å². The number of nitrogens with two attached hydrogens (primary N) is 1. The molecule has 27 heavy (non-hydrogen) atoms. The van der Waals surface area contributed by atoms with E-state index in [1.807, 2.05) is 11.8 Å². The van der Waals surface area contributed by atoms with Gasteiger partial charge in [0.05, 0.1) is 13.2 Å². The van der Waals surface area contributed by atoms with Crippen LogP contribution in [0.5, 0.6) is 5.75 Å². The molecule has 0 fully saturated rings. The fourth-order valence-electron chi connectivity index (χ4n) is 2.70. The monoisotopic (exact) mass is 373 g/mol. The van der Waals surface area contributed by atoms with Crippen LogP contribution >= 0.6 is 0 Å². The molecule has 0 saturated heterocycles. The minimum Gasteiger partial charge on any atom is -0.494 e. The normalized spacial score (nSPS) is 11.9. The average Bonchev–Trinajstić information content (AvgIpc) is 2.66. The molecule has 0 heterocycles. The highest BCUT2D eigenvalue weighted by molar-refractivity contribution is 5.96. The summed E-state index contributed by atoms with van der Waals surface area (Å²) in [7, 11) is 1.42. The summed E-state index contributed by atoms with van der Waals surface area (Å²) in [6.07, 6.45) is 0. The topological polar surface area (TPSA) is 84.7 Å². The van der Waals surface area contributed by atoms with Gasteiger partial charge in [-0.1, -0.05) is 13.0 Å². The second-order valence-corrected chi connectivity index (χ2v) is 6.14. The highest BCUT2D eigenvalue weighted by Crippen LogP contribution is 2.19. The number of hydrogen-bond donors (Lipinski definition) is 2. The van der Waals surface area contributed by atoms with Gasteiger partial charge in [0.2, 0.25) is 11.8 Å². The first-order valence-corrected chi connectivity index (χ1v) is 8.63. The van der Waals surface area contributed by atoms with Crippen LogP contribution in [0.3, 0.4) is 0 Å². The van der Waals surface area contributed by atoms with E-state index in [0.717, 1.165) is 5.56 Å². The average molecular weight is 373 g/mol. The van der Waals surface area contributed by atoms with Crippen molar-refractivity contribution in [3.05, 3.63) is 59.4 Å². The number of benzene rings is 2. The van der Waals surface area contributed by atoms with Crippen LogP contribution in [0.2, 0.25) is 0 Å². The van der Waals surface area contributed by atoms with E-state index in [1.165, 1.54) is 13.2 Å². The number of anilines is 1. The molecule has 0 aliphatic rings. The molecule has 2 amide bonds. The van der Waals surface area contributed by atoms with Crippen LogP contribution in [-0.4, -0.2) is 36.4 Å². The maximum Gasteiger partial charge on any atom is 0.248 e. The van der Waals surface area contributed by atoms with Crippen molar-refractivity contribution in [1.29, 1.82) is 0 Å². The van der Waals surface area contributed by atoms with Gasteiger partial charge in [0.25, 0.3) is 0 Å². The van der Waals surface area contributed by atoms with Crippen molar-refractivity contribution in [3.8, 4) is 5.75 Å². The SMILES string of the molecule is CCN(Cc1ccc(OC)c(F)c1)[C@@H](C)C(=O)Nc1ccc(C(N)=O)cc1. The molecule has 7 heteroatoms. The third-order valence-corrected chi connectivity index (χ3v) is 4.37. The summed E-state index contributed by atoms with van der Waals surface area (Å²) in [5, 5.41) is 2.81. The summed E-state index contributed by atoms with van der Waals surface area (Å²) in [5.74, 6) is -0.965. The van der Waals surface area contributed by atoms with Crippen molar-refractivity contribution in [2.75, 3.05) is 19.0 Å². The number of amides is 2. The highest BCUT2D eigenvalue weighted by Gasteiger charge is 2.21. The van der Waals surface area contributed by atoms with Crippen molar-refractivity contribution in [2.45, 2.75) is 26.4 Å². The lowest BCUT2D eigenvalue weighted by atomic mass is 10.1. The van der Waals surface area contributed by atoms with E-state index in [-0.39, 0.29) is 11.7 Å². The summed E-state index contributed by atoms with van der Waals surface area (Å²) in [4.78, 5) is 25.6. The van der Waals surface area contributed by atoms with Crippen LogP contribution in [0.25, 0.3) is 0 Å². The summed E-state index contributed by atoms with van der Waals surface area (Å²) in [6, 6.07) is 10.7. The van der Waals surface area contributed by atoms with E-state index in [9.17, 15) is 14.0 Å². The van der Waals surface area contributed by atoms with Crippen LogP contribution in [0.1, 0.15) is 29.8 Å². The zero-order valence-corrected chi connectivity index (χ0v) is 15.7. The second-order valence-electron chi connectivity index (χ2n) is 6.14. The van der Waals surface area contributed by atoms with Gasteiger partial charge in [0.15, 0.2) is 11.6 Å². The predicted molar refractivity (Wildman–Crippen MR) is 102 cm³/mol. The fraction of sp³-hybridized carbons (Fsp3) is 0.300. The summed E-state index contributed by atoms with van der Waals surface area (Å²) in [6.45, 7) is 4.76. The Morgan fingerprint density at radius 1 is 1.22 bits per heavy atom. The third kappa shape index (κ3) is 5.27. The Bertz CT molecular complexity index is 809. The van der Waals surface area contributed by atoms with Gasteiger partial charge >= 0.3 is 0 Å². The number of nitrogens with one attached hydrogen (secondary N) is 1. The molecule has 0 bridgehead atoms. The Morgan fingerprint density at radius 2 is 1.89 bits per heavy atom. The molecule has 2 rings (SSSR count). The first-order chi connectivity index (χ1) is 12.8. The van der Waals surface area contributed by atoms with Crippen LogP contribution in [0, 0.1) is 5.82 Å². The number of hydrogen-bond acceptors (Lipinski definition) is 4. The maximum absolute atomic E-state index is 13.9. The third-order valence-electron chi connectivity index (χ3n) is 4.37. The number of methoxy groups -OCH3 is 1. The Kier molecular flexibility index (Phi) is 6.90. The number of ether oxygens (including phenoxy) is 1. The van der Waals surface area contributed by atoms with Gasteiger partial charge in [-0.3, -0.25) is 14.5 Å². The second kappa shape index (κ2) is 9.14. The fourth-order valence-corrected chi connectivity index (χ4v) is 2.70. The van der Waals surface area contributed by atoms with E-state index in [0.29, 0.717) is 24.3 Å². The minimum atomic E-state index is -0.523. The number of primary amides is 1. The van der Waals surface area contributed by atoms with Crippen LogP contribution in [-0.2, 0) is 11.3 Å². The van der Waals surface area contributed by atoms with Gasteiger partial charge < -0.3 is 15.8 Å². The number of rotatable bonds is 8. The Balaban J connectivity index is 2.04. The molecule has 2 aromatic carbocycles. The van der Waals surface area contributed by atoms with Crippen molar-refractivity contribution in [2.24, 2.45) is 5.73 Å². The Hall–Kier alpha value is -2.93. The highest BCUT2D eigenvalue weighted by atomic mass is 19.1. The van der Waals surface area contributed by atoms with E-state index in [2.05, 4.69) is 5.32 Å². The molecule has 1 atom stereocenters. The molecule has 0 aliphatic heterocycles. The number of carbonyl (C=O) groups excluding carboxylic acids is 2. The van der Waals surface area contributed by atoms with Gasteiger partial charge in [-0.25, -0.2) is 4.39 Å². The molecule has 0 saturated carbocycles. The Morgan fingerprint density at radius 3 is 2.41 bits per heavy atom. The van der Waals surface area contributed by atoms with Crippen molar-refractivity contribution in [3.63, 3.8) is 0 Å². The number of likely N-dealkylation sites (N-methyl/N-ethyl adjacent to an activating group) is 1. The number of carbonyl (C=O) groups is 2. The lowest BCUT2D eigenvalue weighted by Crippen LogP contribution is -2.41. The molecule has 0 unspecified atom stereocenters.